The molecule has 1 saturated heterocycles. The van der Waals surface area contributed by atoms with Gasteiger partial charge in [0.1, 0.15) is 5.92 Å². The molecule has 98 valence electrons. The lowest BCUT2D eigenvalue weighted by molar-refractivity contribution is -0.142. The van der Waals surface area contributed by atoms with Gasteiger partial charge in [-0.25, -0.2) is 4.79 Å². The zero-order valence-corrected chi connectivity index (χ0v) is 10.4. The predicted octanol–water partition coefficient (Wildman–Crippen LogP) is 0.574. The van der Waals surface area contributed by atoms with Crippen LogP contribution in [0.1, 0.15) is 27.2 Å². The van der Waals surface area contributed by atoms with Crippen molar-refractivity contribution in [3.05, 3.63) is 0 Å². The molecule has 1 rings (SSSR count). The maximum Gasteiger partial charge on any atom is 0.315 e. The molecule has 1 aliphatic rings. The number of rotatable bonds is 4. The molecule has 2 unspecified atom stereocenters. The molecule has 1 fully saturated rings. The van der Waals surface area contributed by atoms with Crippen molar-refractivity contribution in [2.75, 3.05) is 13.2 Å². The van der Waals surface area contributed by atoms with Crippen molar-refractivity contribution < 1.29 is 19.4 Å². The third-order valence-electron chi connectivity index (χ3n) is 3.05. The molecule has 17 heavy (non-hydrogen) atoms. The van der Waals surface area contributed by atoms with Crippen LogP contribution in [-0.2, 0) is 9.53 Å². The van der Waals surface area contributed by atoms with Crippen LogP contribution < -0.4 is 10.6 Å². The van der Waals surface area contributed by atoms with E-state index in [1.54, 1.807) is 0 Å². The Hall–Kier alpha value is -1.30. The molecule has 6 heteroatoms. The summed E-state index contributed by atoms with van der Waals surface area (Å²) in [6.45, 7) is 6.19. The highest BCUT2D eigenvalue weighted by atomic mass is 16.5. The summed E-state index contributed by atoms with van der Waals surface area (Å²) in [5.41, 5.74) is -0.303. The van der Waals surface area contributed by atoms with E-state index >= 15 is 0 Å². The number of nitrogens with one attached hydrogen (secondary N) is 2. The minimum atomic E-state index is -0.942. The van der Waals surface area contributed by atoms with Crippen LogP contribution in [0.4, 0.5) is 4.79 Å². The molecule has 1 heterocycles. The zero-order valence-electron chi connectivity index (χ0n) is 10.4. The van der Waals surface area contributed by atoms with E-state index < -0.39 is 17.9 Å². The molecule has 1 aliphatic heterocycles. The quantitative estimate of drug-likeness (QED) is 0.674. The lowest BCUT2D eigenvalue weighted by Crippen LogP contribution is -2.53. The van der Waals surface area contributed by atoms with Crippen LogP contribution >= 0.6 is 0 Å². The highest BCUT2D eigenvalue weighted by Gasteiger charge is 2.35. The first-order chi connectivity index (χ1) is 7.85. The molecule has 6 nitrogen and oxygen atoms in total. The Balaban J connectivity index is 2.48. The Bertz CT molecular complexity index is 304. The van der Waals surface area contributed by atoms with Gasteiger partial charge < -0.3 is 20.5 Å². The van der Waals surface area contributed by atoms with Crippen molar-refractivity contribution in [2.24, 2.45) is 5.92 Å². The zero-order chi connectivity index (χ0) is 13.1. The fourth-order valence-corrected chi connectivity index (χ4v) is 1.54. The van der Waals surface area contributed by atoms with Gasteiger partial charge in [-0.05, 0) is 20.3 Å². The number of carbonyl (C=O) groups is 2. The van der Waals surface area contributed by atoms with Gasteiger partial charge in [-0.3, -0.25) is 4.79 Å². The Morgan fingerprint density at radius 2 is 2.06 bits per heavy atom. The highest BCUT2D eigenvalue weighted by Crippen LogP contribution is 2.14. The first-order valence-corrected chi connectivity index (χ1v) is 5.75. The monoisotopic (exact) mass is 244 g/mol. The number of hydrogen-bond donors (Lipinski definition) is 3. The molecule has 0 aliphatic carbocycles. The fraction of sp³-hybridized carbons (Fsp3) is 0.818. The maximum absolute atomic E-state index is 11.7. The van der Waals surface area contributed by atoms with Crippen LogP contribution in [0.25, 0.3) is 0 Å². The van der Waals surface area contributed by atoms with Crippen LogP contribution in [0.5, 0.6) is 0 Å². The molecule has 0 saturated carbocycles. The summed E-state index contributed by atoms with van der Waals surface area (Å²) in [6, 6.07) is -0.807. The normalized spacial score (nSPS) is 24.4. The standard InChI is InChI=1S/C11H20N2O4/c1-4-11(2,3)13-10(16)12-8-6-17-5-7(8)9(14)15/h7-8H,4-6H2,1-3H3,(H,14,15)(H2,12,13,16). The van der Waals surface area contributed by atoms with E-state index in [1.165, 1.54) is 0 Å². The summed E-state index contributed by atoms with van der Waals surface area (Å²) in [5.74, 6) is -1.60. The molecule has 0 aromatic heterocycles. The van der Waals surface area contributed by atoms with Crippen molar-refractivity contribution in [3.63, 3.8) is 0 Å². The number of ether oxygens (including phenoxy) is 1. The van der Waals surface area contributed by atoms with E-state index in [0.29, 0.717) is 0 Å². The van der Waals surface area contributed by atoms with Crippen LogP contribution in [0.15, 0.2) is 0 Å². The van der Waals surface area contributed by atoms with E-state index in [4.69, 9.17) is 9.84 Å². The van der Waals surface area contributed by atoms with Gasteiger partial charge in [0.15, 0.2) is 0 Å². The summed E-state index contributed by atoms with van der Waals surface area (Å²) in [5, 5.41) is 14.4. The van der Waals surface area contributed by atoms with Crippen molar-refractivity contribution >= 4 is 12.0 Å². The van der Waals surface area contributed by atoms with Crippen LogP contribution in [0.2, 0.25) is 0 Å². The van der Waals surface area contributed by atoms with E-state index in [-0.39, 0.29) is 24.8 Å². The Morgan fingerprint density at radius 1 is 1.41 bits per heavy atom. The van der Waals surface area contributed by atoms with Crippen LogP contribution in [-0.4, -0.2) is 41.9 Å². The van der Waals surface area contributed by atoms with E-state index in [2.05, 4.69) is 10.6 Å². The molecule has 0 spiro atoms. The first-order valence-electron chi connectivity index (χ1n) is 5.75. The summed E-state index contributed by atoms with van der Waals surface area (Å²) in [4.78, 5) is 22.6. The lowest BCUT2D eigenvalue weighted by atomic mass is 10.0. The second kappa shape index (κ2) is 5.35. The van der Waals surface area contributed by atoms with Gasteiger partial charge in [0.25, 0.3) is 0 Å². The summed E-state index contributed by atoms with van der Waals surface area (Å²) in [7, 11) is 0. The summed E-state index contributed by atoms with van der Waals surface area (Å²) in [6.07, 6.45) is 0.796. The lowest BCUT2D eigenvalue weighted by Gasteiger charge is -2.26. The second-order valence-electron chi connectivity index (χ2n) is 4.92. The van der Waals surface area contributed by atoms with E-state index in [1.807, 2.05) is 20.8 Å². The Morgan fingerprint density at radius 3 is 2.59 bits per heavy atom. The molecule has 2 atom stereocenters. The molecule has 2 amide bonds. The number of carbonyl (C=O) groups excluding carboxylic acids is 1. The van der Waals surface area contributed by atoms with Crippen LogP contribution in [0.3, 0.4) is 0 Å². The van der Waals surface area contributed by atoms with Gasteiger partial charge in [-0.1, -0.05) is 6.92 Å². The SMILES string of the molecule is CCC(C)(C)NC(=O)NC1COCC1C(=O)O. The van der Waals surface area contributed by atoms with Gasteiger partial charge in [0.2, 0.25) is 0 Å². The molecular weight excluding hydrogens is 224 g/mol. The van der Waals surface area contributed by atoms with Gasteiger partial charge in [0, 0.05) is 5.54 Å². The third kappa shape index (κ3) is 3.89. The van der Waals surface area contributed by atoms with Gasteiger partial charge in [-0.2, -0.15) is 0 Å². The van der Waals surface area contributed by atoms with Gasteiger partial charge in [-0.15, -0.1) is 0 Å². The molecule has 0 aromatic rings. The van der Waals surface area contributed by atoms with Gasteiger partial charge >= 0.3 is 12.0 Å². The van der Waals surface area contributed by atoms with Crippen LogP contribution in [0, 0.1) is 5.92 Å². The molecule has 0 bridgehead atoms. The van der Waals surface area contributed by atoms with Crippen molar-refractivity contribution in [1.29, 1.82) is 0 Å². The number of hydrogen-bond acceptors (Lipinski definition) is 3. The van der Waals surface area contributed by atoms with Crippen molar-refractivity contribution in [3.8, 4) is 0 Å². The Labute approximate surface area is 101 Å². The fourth-order valence-electron chi connectivity index (χ4n) is 1.54. The molecular formula is C11H20N2O4. The number of carboxylic acid groups (broad SMARTS) is 1. The van der Waals surface area contributed by atoms with Gasteiger partial charge in [0.05, 0.1) is 19.3 Å². The second-order valence-corrected chi connectivity index (χ2v) is 4.92. The maximum atomic E-state index is 11.7. The first kappa shape index (κ1) is 13.8. The predicted molar refractivity (Wildman–Crippen MR) is 61.8 cm³/mol. The average molecular weight is 244 g/mol. The molecule has 0 radical (unpaired) electrons. The Kier molecular flexibility index (Phi) is 4.34. The van der Waals surface area contributed by atoms with Crippen molar-refractivity contribution in [1.82, 2.24) is 10.6 Å². The smallest absolute Gasteiger partial charge is 0.315 e. The number of carboxylic acids is 1. The number of amides is 2. The summed E-state index contributed by atoms with van der Waals surface area (Å²) >= 11 is 0. The molecule has 3 N–H and O–H groups in total. The largest absolute Gasteiger partial charge is 0.481 e. The number of aliphatic carboxylic acids is 1. The van der Waals surface area contributed by atoms with E-state index in [0.717, 1.165) is 6.42 Å². The average Bonchev–Trinajstić information content (AvgIpc) is 2.65. The third-order valence-corrected chi connectivity index (χ3v) is 3.05. The topological polar surface area (TPSA) is 87.7 Å². The minimum Gasteiger partial charge on any atom is -0.481 e. The highest BCUT2D eigenvalue weighted by molar-refractivity contribution is 5.77. The minimum absolute atomic E-state index is 0.150. The summed E-state index contributed by atoms with van der Waals surface area (Å²) < 4.78 is 5.07. The van der Waals surface area contributed by atoms with Crippen molar-refractivity contribution in [2.45, 2.75) is 38.8 Å². The van der Waals surface area contributed by atoms with E-state index in [9.17, 15) is 9.59 Å². The number of urea groups is 1. The molecule has 0 aromatic carbocycles.